The van der Waals surface area contributed by atoms with E-state index in [4.69, 9.17) is 5.73 Å². The van der Waals surface area contributed by atoms with E-state index in [1.165, 1.54) is 6.42 Å². The van der Waals surface area contributed by atoms with Crippen LogP contribution in [0.4, 0.5) is 0 Å². The molecule has 4 heteroatoms. The standard InChI is InChI=1S/C14H29N3O/c1-16(2)8-5-9-17(3)14(18)13-7-4-6-12(10-13)11-15/h12-13H,4-11,15H2,1-3H3. The summed E-state index contributed by atoms with van der Waals surface area (Å²) in [5.41, 5.74) is 5.72. The van der Waals surface area contributed by atoms with Crippen LogP contribution in [0.1, 0.15) is 32.1 Å². The molecular formula is C14H29N3O. The van der Waals surface area contributed by atoms with Crippen LogP contribution in [0.25, 0.3) is 0 Å². The van der Waals surface area contributed by atoms with Gasteiger partial charge in [-0.25, -0.2) is 0 Å². The number of nitrogens with two attached hydrogens (primary N) is 1. The minimum atomic E-state index is 0.219. The van der Waals surface area contributed by atoms with Gasteiger partial charge in [0.15, 0.2) is 0 Å². The first-order valence-electron chi connectivity index (χ1n) is 7.14. The fourth-order valence-electron chi connectivity index (χ4n) is 2.78. The zero-order valence-electron chi connectivity index (χ0n) is 12.2. The molecule has 1 fully saturated rings. The van der Waals surface area contributed by atoms with Gasteiger partial charge in [-0.2, -0.15) is 0 Å². The molecule has 0 aromatic carbocycles. The van der Waals surface area contributed by atoms with E-state index in [9.17, 15) is 4.79 Å². The predicted octanol–water partition coefficient (Wildman–Crippen LogP) is 1.16. The molecule has 2 unspecified atom stereocenters. The minimum absolute atomic E-state index is 0.219. The average molecular weight is 255 g/mol. The maximum Gasteiger partial charge on any atom is 0.225 e. The molecule has 2 atom stereocenters. The zero-order valence-corrected chi connectivity index (χ0v) is 12.2. The van der Waals surface area contributed by atoms with Crippen LogP contribution in [0.2, 0.25) is 0 Å². The molecule has 0 aromatic rings. The molecule has 2 N–H and O–H groups in total. The van der Waals surface area contributed by atoms with Crippen LogP contribution in [0.15, 0.2) is 0 Å². The van der Waals surface area contributed by atoms with E-state index >= 15 is 0 Å². The lowest BCUT2D eigenvalue weighted by molar-refractivity contribution is -0.135. The molecule has 0 bridgehead atoms. The number of amides is 1. The van der Waals surface area contributed by atoms with Crippen molar-refractivity contribution in [2.24, 2.45) is 17.6 Å². The molecule has 18 heavy (non-hydrogen) atoms. The van der Waals surface area contributed by atoms with Gasteiger partial charge in [-0.1, -0.05) is 6.42 Å². The average Bonchev–Trinajstić information content (AvgIpc) is 2.37. The van der Waals surface area contributed by atoms with E-state index in [-0.39, 0.29) is 5.92 Å². The molecule has 1 aliphatic rings. The topological polar surface area (TPSA) is 49.6 Å². The normalized spacial score (nSPS) is 24.3. The number of hydrogen-bond acceptors (Lipinski definition) is 3. The Balaban J connectivity index is 2.33. The minimum Gasteiger partial charge on any atom is -0.345 e. The van der Waals surface area contributed by atoms with E-state index < -0.39 is 0 Å². The zero-order chi connectivity index (χ0) is 13.5. The fourth-order valence-corrected chi connectivity index (χ4v) is 2.78. The molecule has 0 saturated heterocycles. The monoisotopic (exact) mass is 255 g/mol. The quantitative estimate of drug-likeness (QED) is 0.775. The van der Waals surface area contributed by atoms with E-state index in [1.54, 1.807) is 0 Å². The van der Waals surface area contributed by atoms with Crippen molar-refractivity contribution in [2.45, 2.75) is 32.1 Å². The lowest BCUT2D eigenvalue weighted by atomic mass is 9.81. The molecule has 0 heterocycles. The number of carbonyl (C=O) groups excluding carboxylic acids is 1. The summed E-state index contributed by atoms with van der Waals surface area (Å²) < 4.78 is 0. The van der Waals surface area contributed by atoms with Crippen molar-refractivity contribution in [3.63, 3.8) is 0 Å². The van der Waals surface area contributed by atoms with Crippen LogP contribution < -0.4 is 5.73 Å². The van der Waals surface area contributed by atoms with E-state index in [2.05, 4.69) is 19.0 Å². The van der Waals surface area contributed by atoms with Gasteiger partial charge >= 0.3 is 0 Å². The van der Waals surface area contributed by atoms with Gasteiger partial charge in [0.05, 0.1) is 0 Å². The molecule has 1 aliphatic carbocycles. The Morgan fingerprint density at radius 3 is 2.56 bits per heavy atom. The Bertz CT molecular complexity index is 255. The highest BCUT2D eigenvalue weighted by atomic mass is 16.2. The Morgan fingerprint density at radius 2 is 1.94 bits per heavy atom. The second-order valence-electron chi connectivity index (χ2n) is 5.88. The number of carbonyl (C=O) groups is 1. The van der Waals surface area contributed by atoms with E-state index in [0.29, 0.717) is 11.8 Å². The Morgan fingerprint density at radius 1 is 1.22 bits per heavy atom. The highest BCUT2D eigenvalue weighted by Gasteiger charge is 2.28. The van der Waals surface area contributed by atoms with Crippen molar-refractivity contribution in [2.75, 3.05) is 40.8 Å². The summed E-state index contributed by atoms with van der Waals surface area (Å²) in [6, 6.07) is 0. The Kier molecular flexibility index (Phi) is 6.65. The SMILES string of the molecule is CN(C)CCCN(C)C(=O)C1CCCC(CN)C1. The maximum absolute atomic E-state index is 12.3. The Labute approximate surface area is 111 Å². The predicted molar refractivity (Wildman–Crippen MR) is 75.3 cm³/mol. The molecule has 0 spiro atoms. The smallest absolute Gasteiger partial charge is 0.225 e. The first-order valence-corrected chi connectivity index (χ1v) is 7.14. The van der Waals surface area contributed by atoms with E-state index in [0.717, 1.165) is 45.3 Å². The van der Waals surface area contributed by atoms with Gasteiger partial charge in [-0.15, -0.1) is 0 Å². The van der Waals surface area contributed by atoms with Gasteiger partial charge in [0.1, 0.15) is 0 Å². The van der Waals surface area contributed by atoms with Crippen molar-refractivity contribution >= 4 is 5.91 Å². The van der Waals surface area contributed by atoms with Crippen molar-refractivity contribution in [1.82, 2.24) is 9.80 Å². The molecular weight excluding hydrogens is 226 g/mol. The third-order valence-corrected chi connectivity index (χ3v) is 3.94. The van der Waals surface area contributed by atoms with Gasteiger partial charge < -0.3 is 15.5 Å². The number of rotatable bonds is 6. The number of nitrogens with zero attached hydrogens (tertiary/aromatic N) is 2. The highest BCUT2D eigenvalue weighted by molar-refractivity contribution is 5.78. The van der Waals surface area contributed by atoms with Gasteiger partial charge in [0.25, 0.3) is 0 Å². The third kappa shape index (κ3) is 4.94. The largest absolute Gasteiger partial charge is 0.345 e. The molecule has 1 saturated carbocycles. The Hall–Kier alpha value is -0.610. The second-order valence-corrected chi connectivity index (χ2v) is 5.88. The molecule has 106 valence electrons. The lowest BCUT2D eigenvalue weighted by Crippen LogP contribution is -2.37. The summed E-state index contributed by atoms with van der Waals surface area (Å²) >= 11 is 0. The van der Waals surface area contributed by atoms with Crippen LogP contribution in [-0.4, -0.2) is 56.5 Å². The maximum atomic E-state index is 12.3. The molecule has 0 radical (unpaired) electrons. The first kappa shape index (κ1) is 15.4. The second kappa shape index (κ2) is 7.74. The van der Waals surface area contributed by atoms with Gasteiger partial charge in [0, 0.05) is 19.5 Å². The molecule has 1 amide bonds. The van der Waals surface area contributed by atoms with Crippen LogP contribution in [0.5, 0.6) is 0 Å². The van der Waals surface area contributed by atoms with Crippen molar-refractivity contribution < 1.29 is 4.79 Å². The summed E-state index contributed by atoms with van der Waals surface area (Å²) in [5, 5.41) is 0. The molecule has 0 aliphatic heterocycles. The van der Waals surface area contributed by atoms with Gasteiger partial charge in [0.2, 0.25) is 5.91 Å². The first-order chi connectivity index (χ1) is 8.54. The van der Waals surface area contributed by atoms with Crippen LogP contribution >= 0.6 is 0 Å². The molecule has 4 nitrogen and oxygen atoms in total. The summed E-state index contributed by atoms with van der Waals surface area (Å²) in [6.07, 6.45) is 5.44. The summed E-state index contributed by atoms with van der Waals surface area (Å²) in [4.78, 5) is 16.4. The fraction of sp³-hybridized carbons (Fsp3) is 0.929. The lowest BCUT2D eigenvalue weighted by Gasteiger charge is -2.30. The van der Waals surface area contributed by atoms with Gasteiger partial charge in [-0.05, 0) is 58.8 Å². The van der Waals surface area contributed by atoms with Crippen molar-refractivity contribution in [3.05, 3.63) is 0 Å². The number of hydrogen-bond donors (Lipinski definition) is 1. The summed E-state index contributed by atoms with van der Waals surface area (Å²) in [5.74, 6) is 1.10. The summed E-state index contributed by atoms with van der Waals surface area (Å²) in [6.45, 7) is 2.63. The van der Waals surface area contributed by atoms with Crippen molar-refractivity contribution in [3.8, 4) is 0 Å². The molecule has 0 aromatic heterocycles. The molecule has 1 rings (SSSR count). The van der Waals surface area contributed by atoms with Crippen LogP contribution in [0.3, 0.4) is 0 Å². The highest BCUT2D eigenvalue weighted by Crippen LogP contribution is 2.29. The summed E-state index contributed by atoms with van der Waals surface area (Å²) in [7, 11) is 6.06. The van der Waals surface area contributed by atoms with Crippen molar-refractivity contribution in [1.29, 1.82) is 0 Å². The third-order valence-electron chi connectivity index (χ3n) is 3.94. The van der Waals surface area contributed by atoms with Crippen LogP contribution in [0, 0.1) is 11.8 Å². The van der Waals surface area contributed by atoms with E-state index in [1.807, 2.05) is 11.9 Å². The van der Waals surface area contributed by atoms with Gasteiger partial charge in [-0.3, -0.25) is 4.79 Å². The van der Waals surface area contributed by atoms with Crippen LogP contribution in [-0.2, 0) is 4.79 Å².